The van der Waals surface area contributed by atoms with Crippen LogP contribution < -0.4 is 9.64 Å². The third kappa shape index (κ3) is 4.88. The van der Waals surface area contributed by atoms with Gasteiger partial charge in [-0.3, -0.25) is 0 Å². The maximum absolute atomic E-state index is 5.67. The molecule has 1 aromatic rings. The predicted octanol–water partition coefficient (Wildman–Crippen LogP) is 1.71. The molecule has 2 heterocycles. The largest absolute Gasteiger partial charge is 0.491 e. The highest BCUT2D eigenvalue weighted by Gasteiger charge is 2.26. The first-order valence-electron chi connectivity index (χ1n) is 7.55. The highest BCUT2D eigenvalue weighted by Crippen LogP contribution is 2.23. The Labute approximate surface area is 125 Å². The van der Waals surface area contributed by atoms with Crippen molar-refractivity contribution in [2.24, 2.45) is 0 Å². The zero-order valence-electron chi connectivity index (χ0n) is 12.5. The van der Waals surface area contributed by atoms with Crippen molar-refractivity contribution in [1.29, 1.82) is 0 Å². The molecule has 0 aromatic heterocycles. The maximum Gasteiger partial charge on any atom is 0.119 e. The Morgan fingerprint density at radius 1 is 1.14 bits per heavy atom. The van der Waals surface area contributed by atoms with Crippen molar-refractivity contribution in [3.8, 4) is 5.75 Å². The Kier molecular flexibility index (Phi) is 4.95. The molecule has 5 heteroatoms. The first-order chi connectivity index (χ1) is 10.3. The zero-order chi connectivity index (χ0) is 14.5. The zero-order valence-corrected chi connectivity index (χ0v) is 12.5. The van der Waals surface area contributed by atoms with Gasteiger partial charge in [0.15, 0.2) is 0 Å². The van der Waals surface area contributed by atoms with Gasteiger partial charge in [-0.1, -0.05) is 0 Å². The van der Waals surface area contributed by atoms with Crippen LogP contribution in [0.15, 0.2) is 24.3 Å². The number of ether oxygens (including phenoxy) is 4. The van der Waals surface area contributed by atoms with Crippen molar-refractivity contribution in [2.45, 2.75) is 18.6 Å². The first-order valence-corrected chi connectivity index (χ1v) is 7.55. The minimum Gasteiger partial charge on any atom is -0.491 e. The minimum atomic E-state index is 0.294. The molecule has 2 atom stereocenters. The summed E-state index contributed by atoms with van der Waals surface area (Å²) in [6.45, 7) is 5.05. The Bertz CT molecular complexity index is 428. The molecule has 0 bridgehead atoms. The second-order valence-electron chi connectivity index (χ2n) is 5.51. The summed E-state index contributed by atoms with van der Waals surface area (Å²) >= 11 is 0. The lowest BCUT2D eigenvalue weighted by Gasteiger charge is -2.24. The topological polar surface area (TPSA) is 46.8 Å². The van der Waals surface area contributed by atoms with E-state index in [2.05, 4.69) is 17.0 Å². The third-order valence-electron chi connectivity index (χ3n) is 3.64. The van der Waals surface area contributed by atoms with Crippen LogP contribution in [0.3, 0.4) is 0 Å². The quantitative estimate of drug-likeness (QED) is 0.485. The van der Waals surface area contributed by atoms with Gasteiger partial charge < -0.3 is 23.8 Å². The van der Waals surface area contributed by atoms with Gasteiger partial charge in [0.2, 0.25) is 0 Å². The number of methoxy groups -OCH3 is 1. The van der Waals surface area contributed by atoms with Gasteiger partial charge in [0.1, 0.15) is 18.5 Å². The normalized spacial score (nSPS) is 22.9. The first kappa shape index (κ1) is 14.6. The Morgan fingerprint density at radius 2 is 1.86 bits per heavy atom. The van der Waals surface area contributed by atoms with E-state index in [1.165, 1.54) is 5.69 Å². The van der Waals surface area contributed by atoms with E-state index in [-0.39, 0.29) is 0 Å². The fourth-order valence-corrected chi connectivity index (χ4v) is 2.25. The number of epoxide rings is 2. The van der Waals surface area contributed by atoms with Crippen molar-refractivity contribution in [1.82, 2.24) is 0 Å². The number of hydrogen-bond acceptors (Lipinski definition) is 5. The molecule has 2 fully saturated rings. The summed E-state index contributed by atoms with van der Waals surface area (Å²) in [7, 11) is 1.74. The Hall–Kier alpha value is -1.30. The average molecular weight is 293 g/mol. The van der Waals surface area contributed by atoms with Crippen molar-refractivity contribution in [2.75, 3.05) is 51.5 Å². The SMILES string of the molecule is COCCCN(CC1CO1)c1ccc(OCC2CO2)cc1. The summed E-state index contributed by atoms with van der Waals surface area (Å²) < 4.78 is 21.3. The lowest BCUT2D eigenvalue weighted by atomic mass is 10.2. The number of hydrogen-bond donors (Lipinski definition) is 0. The smallest absolute Gasteiger partial charge is 0.119 e. The van der Waals surface area contributed by atoms with E-state index in [4.69, 9.17) is 18.9 Å². The van der Waals surface area contributed by atoms with Crippen molar-refractivity contribution >= 4 is 5.69 Å². The van der Waals surface area contributed by atoms with Crippen LogP contribution in [0.2, 0.25) is 0 Å². The molecule has 0 radical (unpaired) electrons. The van der Waals surface area contributed by atoms with Gasteiger partial charge in [-0.05, 0) is 30.7 Å². The van der Waals surface area contributed by atoms with Gasteiger partial charge in [0.25, 0.3) is 0 Å². The molecular weight excluding hydrogens is 270 g/mol. The number of benzene rings is 1. The molecular formula is C16H23NO4. The molecule has 2 aliphatic heterocycles. The maximum atomic E-state index is 5.67. The van der Waals surface area contributed by atoms with E-state index in [1.807, 2.05) is 12.1 Å². The van der Waals surface area contributed by atoms with Crippen LogP contribution in [-0.2, 0) is 14.2 Å². The molecule has 3 rings (SSSR count). The molecule has 0 saturated carbocycles. The number of nitrogens with zero attached hydrogens (tertiary/aromatic N) is 1. The van der Waals surface area contributed by atoms with Gasteiger partial charge in [-0.15, -0.1) is 0 Å². The second kappa shape index (κ2) is 7.11. The molecule has 0 amide bonds. The highest BCUT2D eigenvalue weighted by atomic mass is 16.6. The van der Waals surface area contributed by atoms with Crippen molar-refractivity contribution in [3.63, 3.8) is 0 Å². The summed E-state index contributed by atoms with van der Waals surface area (Å²) in [5.74, 6) is 0.897. The Balaban J connectivity index is 1.54. The summed E-state index contributed by atoms with van der Waals surface area (Å²) in [6, 6.07) is 8.26. The van der Waals surface area contributed by atoms with E-state index in [0.717, 1.165) is 45.1 Å². The highest BCUT2D eigenvalue weighted by molar-refractivity contribution is 5.49. The number of anilines is 1. The fraction of sp³-hybridized carbons (Fsp3) is 0.625. The van der Waals surface area contributed by atoms with Crippen LogP contribution in [-0.4, -0.2) is 58.8 Å². The number of rotatable bonds is 10. The monoisotopic (exact) mass is 293 g/mol. The molecule has 2 saturated heterocycles. The molecule has 116 valence electrons. The minimum absolute atomic E-state index is 0.294. The van der Waals surface area contributed by atoms with Crippen LogP contribution in [0.1, 0.15) is 6.42 Å². The predicted molar refractivity (Wildman–Crippen MR) is 80.1 cm³/mol. The van der Waals surface area contributed by atoms with E-state index in [1.54, 1.807) is 7.11 Å². The van der Waals surface area contributed by atoms with E-state index >= 15 is 0 Å². The van der Waals surface area contributed by atoms with Crippen molar-refractivity contribution in [3.05, 3.63) is 24.3 Å². The molecule has 1 aromatic carbocycles. The summed E-state index contributed by atoms with van der Waals surface area (Å²) in [6.07, 6.45) is 1.69. The van der Waals surface area contributed by atoms with Gasteiger partial charge in [0.05, 0.1) is 19.3 Å². The van der Waals surface area contributed by atoms with Crippen LogP contribution in [0.5, 0.6) is 5.75 Å². The Morgan fingerprint density at radius 3 is 2.48 bits per heavy atom. The van der Waals surface area contributed by atoms with Crippen LogP contribution >= 0.6 is 0 Å². The van der Waals surface area contributed by atoms with Gasteiger partial charge in [-0.2, -0.15) is 0 Å². The molecule has 0 spiro atoms. The van der Waals surface area contributed by atoms with E-state index < -0.39 is 0 Å². The van der Waals surface area contributed by atoms with E-state index in [0.29, 0.717) is 18.8 Å². The molecule has 0 N–H and O–H groups in total. The standard InChI is InChI=1S/C16H23NO4/c1-18-8-2-7-17(9-15-10-20-15)13-3-5-14(6-4-13)19-11-16-12-21-16/h3-6,15-16H,2,7-12H2,1H3. The molecule has 21 heavy (non-hydrogen) atoms. The summed E-state index contributed by atoms with van der Waals surface area (Å²) in [4.78, 5) is 2.35. The lowest BCUT2D eigenvalue weighted by molar-refractivity contribution is 0.196. The fourth-order valence-electron chi connectivity index (χ4n) is 2.25. The molecule has 2 unspecified atom stereocenters. The molecule has 2 aliphatic rings. The van der Waals surface area contributed by atoms with Crippen LogP contribution in [0, 0.1) is 0 Å². The van der Waals surface area contributed by atoms with Crippen molar-refractivity contribution < 1.29 is 18.9 Å². The summed E-state index contributed by atoms with van der Waals surface area (Å²) in [5, 5.41) is 0. The lowest BCUT2D eigenvalue weighted by Crippen LogP contribution is -2.29. The van der Waals surface area contributed by atoms with Gasteiger partial charge in [-0.25, -0.2) is 0 Å². The van der Waals surface area contributed by atoms with Crippen LogP contribution in [0.4, 0.5) is 5.69 Å². The van der Waals surface area contributed by atoms with E-state index in [9.17, 15) is 0 Å². The van der Waals surface area contributed by atoms with Crippen LogP contribution in [0.25, 0.3) is 0 Å². The molecule has 0 aliphatic carbocycles. The molecule has 5 nitrogen and oxygen atoms in total. The summed E-state index contributed by atoms with van der Waals surface area (Å²) in [5.41, 5.74) is 1.21. The van der Waals surface area contributed by atoms with Gasteiger partial charge >= 0.3 is 0 Å². The second-order valence-corrected chi connectivity index (χ2v) is 5.51. The van der Waals surface area contributed by atoms with Gasteiger partial charge in [0, 0.05) is 32.5 Å². The third-order valence-corrected chi connectivity index (χ3v) is 3.64. The average Bonchev–Trinajstić information content (AvgIpc) is 3.39.